The van der Waals surface area contributed by atoms with Gasteiger partial charge in [-0.1, -0.05) is 36.4 Å². The van der Waals surface area contributed by atoms with E-state index in [-0.39, 0.29) is 6.61 Å². The van der Waals surface area contributed by atoms with Gasteiger partial charge in [-0.2, -0.15) is 0 Å². The van der Waals surface area contributed by atoms with E-state index in [0.717, 1.165) is 11.1 Å². The van der Waals surface area contributed by atoms with E-state index in [1.54, 1.807) is 0 Å². The molecular weight excluding hydrogens is 200 g/mol. The van der Waals surface area contributed by atoms with Crippen LogP contribution >= 0.6 is 0 Å². The third kappa shape index (κ3) is 1.23. The molecule has 0 amide bonds. The Morgan fingerprint density at radius 3 is 2.75 bits per heavy atom. The van der Waals surface area contributed by atoms with Crippen LogP contribution in [0, 0.1) is 0 Å². The van der Waals surface area contributed by atoms with Gasteiger partial charge in [-0.05, 0) is 33.5 Å². The highest BCUT2D eigenvalue weighted by Gasteiger charge is 2.15. The first kappa shape index (κ1) is 9.16. The van der Waals surface area contributed by atoms with Gasteiger partial charge in [0.15, 0.2) is 0 Å². The predicted octanol–water partition coefficient (Wildman–Crippen LogP) is 2.78. The van der Waals surface area contributed by atoms with E-state index in [0.29, 0.717) is 0 Å². The molecule has 1 aliphatic carbocycles. The highest BCUT2D eigenvalue weighted by atomic mass is 16.5. The van der Waals surface area contributed by atoms with Crippen molar-refractivity contribution in [2.45, 2.75) is 0 Å². The number of rotatable bonds is 3. The van der Waals surface area contributed by atoms with Gasteiger partial charge in [0.05, 0.1) is 0 Å². The fraction of sp³-hybridized carbons (Fsp3) is 0.0714. The Bertz CT molecular complexity index is 591. The fourth-order valence-electron chi connectivity index (χ4n) is 2.25. The SMILES string of the molecule is O=[C]OCC1=Cc2cccc3cccc1c23. The second-order valence-electron chi connectivity index (χ2n) is 3.79. The summed E-state index contributed by atoms with van der Waals surface area (Å²) >= 11 is 0. The minimum atomic E-state index is 0.289. The van der Waals surface area contributed by atoms with Crippen molar-refractivity contribution in [1.29, 1.82) is 0 Å². The molecule has 0 N–H and O–H groups in total. The summed E-state index contributed by atoms with van der Waals surface area (Å²) in [5.41, 5.74) is 3.39. The molecule has 77 valence electrons. The maximum absolute atomic E-state index is 10.1. The van der Waals surface area contributed by atoms with Crippen molar-refractivity contribution in [3.63, 3.8) is 0 Å². The summed E-state index contributed by atoms with van der Waals surface area (Å²) in [5, 5.41) is 2.46. The Balaban J connectivity index is 2.18. The molecule has 0 saturated heterocycles. The minimum Gasteiger partial charge on any atom is -0.452 e. The maximum Gasteiger partial charge on any atom is 0.417 e. The second-order valence-corrected chi connectivity index (χ2v) is 3.79. The lowest BCUT2D eigenvalue weighted by atomic mass is 10.0. The van der Waals surface area contributed by atoms with E-state index in [4.69, 9.17) is 4.74 Å². The first-order valence-electron chi connectivity index (χ1n) is 5.12. The van der Waals surface area contributed by atoms with Crippen LogP contribution in [-0.2, 0) is 9.53 Å². The fourth-order valence-corrected chi connectivity index (χ4v) is 2.25. The lowest BCUT2D eigenvalue weighted by Crippen LogP contribution is -1.93. The van der Waals surface area contributed by atoms with Gasteiger partial charge in [-0.3, -0.25) is 0 Å². The van der Waals surface area contributed by atoms with E-state index in [1.807, 2.05) is 12.1 Å². The van der Waals surface area contributed by atoms with Crippen LogP contribution in [0.25, 0.3) is 22.4 Å². The van der Waals surface area contributed by atoms with Crippen molar-refractivity contribution in [2.75, 3.05) is 6.61 Å². The first-order chi connectivity index (χ1) is 7.90. The molecule has 2 heteroatoms. The van der Waals surface area contributed by atoms with Crippen LogP contribution < -0.4 is 0 Å². The molecule has 0 fully saturated rings. The molecule has 0 aliphatic heterocycles. The third-order valence-electron chi connectivity index (χ3n) is 2.90. The summed E-state index contributed by atoms with van der Waals surface area (Å²) in [4.78, 5) is 10.1. The van der Waals surface area contributed by atoms with Gasteiger partial charge in [0.25, 0.3) is 0 Å². The van der Waals surface area contributed by atoms with Crippen molar-refractivity contribution in [2.24, 2.45) is 0 Å². The van der Waals surface area contributed by atoms with E-state index >= 15 is 0 Å². The van der Waals surface area contributed by atoms with Crippen LogP contribution in [0.5, 0.6) is 0 Å². The topological polar surface area (TPSA) is 26.3 Å². The van der Waals surface area contributed by atoms with Crippen molar-refractivity contribution in [3.8, 4) is 0 Å². The van der Waals surface area contributed by atoms with Crippen molar-refractivity contribution in [3.05, 3.63) is 47.5 Å². The third-order valence-corrected chi connectivity index (χ3v) is 2.90. The molecule has 0 aromatic heterocycles. The Morgan fingerprint density at radius 1 is 1.12 bits per heavy atom. The summed E-state index contributed by atoms with van der Waals surface area (Å²) < 4.78 is 4.71. The first-order valence-corrected chi connectivity index (χ1v) is 5.12. The Morgan fingerprint density at radius 2 is 1.94 bits per heavy atom. The summed E-state index contributed by atoms with van der Waals surface area (Å²) in [6.45, 7) is 1.75. The van der Waals surface area contributed by atoms with Crippen molar-refractivity contribution >= 4 is 28.9 Å². The molecule has 3 rings (SSSR count). The van der Waals surface area contributed by atoms with E-state index in [9.17, 15) is 4.79 Å². The highest BCUT2D eigenvalue weighted by Crippen LogP contribution is 2.36. The molecule has 0 bridgehead atoms. The Kier molecular flexibility index (Phi) is 2.00. The molecular formula is C14H9O2. The molecule has 0 spiro atoms. The largest absolute Gasteiger partial charge is 0.452 e. The molecule has 0 heterocycles. The zero-order valence-corrected chi connectivity index (χ0v) is 8.57. The van der Waals surface area contributed by atoms with Crippen LogP contribution in [0.15, 0.2) is 36.4 Å². The number of hydrogen-bond acceptors (Lipinski definition) is 2. The average molecular weight is 209 g/mol. The van der Waals surface area contributed by atoms with Crippen molar-refractivity contribution in [1.82, 2.24) is 0 Å². The normalized spacial score (nSPS) is 12.6. The van der Waals surface area contributed by atoms with E-state index in [1.165, 1.54) is 22.8 Å². The van der Waals surface area contributed by atoms with Crippen LogP contribution in [0.4, 0.5) is 0 Å². The van der Waals surface area contributed by atoms with Gasteiger partial charge in [0.1, 0.15) is 6.61 Å². The molecule has 2 aromatic carbocycles. The second kappa shape index (κ2) is 3.49. The molecule has 2 nitrogen and oxygen atoms in total. The van der Waals surface area contributed by atoms with Gasteiger partial charge in [-0.25, -0.2) is 4.79 Å². The highest BCUT2D eigenvalue weighted by molar-refractivity contribution is 6.09. The van der Waals surface area contributed by atoms with E-state index < -0.39 is 0 Å². The molecule has 16 heavy (non-hydrogen) atoms. The standard InChI is InChI=1S/C14H9O2/c15-9-16-8-12-7-11-5-1-3-10-4-2-6-13(12)14(10)11/h1-7H,8H2. The number of carbonyl (C=O) groups excluding carboxylic acids is 1. The average Bonchev–Trinajstić information content (AvgIpc) is 2.68. The van der Waals surface area contributed by atoms with E-state index in [2.05, 4.69) is 30.3 Å². The smallest absolute Gasteiger partial charge is 0.417 e. The predicted molar refractivity (Wildman–Crippen MR) is 63.5 cm³/mol. The Hall–Kier alpha value is -2.09. The van der Waals surface area contributed by atoms with Gasteiger partial charge >= 0.3 is 6.47 Å². The van der Waals surface area contributed by atoms with Crippen LogP contribution in [0.1, 0.15) is 11.1 Å². The molecule has 0 unspecified atom stereocenters. The minimum absolute atomic E-state index is 0.289. The monoisotopic (exact) mass is 209 g/mol. The summed E-state index contributed by atoms with van der Waals surface area (Å²) in [5.74, 6) is 0. The summed E-state index contributed by atoms with van der Waals surface area (Å²) in [6, 6.07) is 12.4. The molecule has 2 aromatic rings. The van der Waals surface area contributed by atoms with Crippen LogP contribution in [0.3, 0.4) is 0 Å². The molecule has 0 atom stereocenters. The lowest BCUT2D eigenvalue weighted by molar-refractivity contribution is 0.320. The quantitative estimate of drug-likeness (QED) is 0.777. The zero-order chi connectivity index (χ0) is 11.0. The zero-order valence-electron chi connectivity index (χ0n) is 8.57. The maximum atomic E-state index is 10.1. The Labute approximate surface area is 93.2 Å². The number of ether oxygens (including phenoxy) is 1. The van der Waals surface area contributed by atoms with Crippen molar-refractivity contribution < 1.29 is 9.53 Å². The van der Waals surface area contributed by atoms with Gasteiger partial charge in [0.2, 0.25) is 0 Å². The summed E-state index contributed by atoms with van der Waals surface area (Å²) in [7, 11) is 0. The molecule has 0 saturated carbocycles. The molecule has 1 aliphatic rings. The molecule has 1 radical (unpaired) electrons. The van der Waals surface area contributed by atoms with Gasteiger partial charge in [0, 0.05) is 0 Å². The van der Waals surface area contributed by atoms with Gasteiger partial charge < -0.3 is 4.74 Å². The lowest BCUT2D eigenvalue weighted by Gasteiger charge is -2.04. The van der Waals surface area contributed by atoms with Gasteiger partial charge in [-0.15, -0.1) is 0 Å². The number of benzene rings is 2. The summed E-state index contributed by atoms with van der Waals surface area (Å²) in [6.07, 6.45) is 2.06. The number of hydrogen-bond donors (Lipinski definition) is 0. The van der Waals surface area contributed by atoms with Crippen LogP contribution in [-0.4, -0.2) is 13.1 Å². The van der Waals surface area contributed by atoms with Crippen LogP contribution in [0.2, 0.25) is 0 Å².